The van der Waals surface area contributed by atoms with Crippen molar-refractivity contribution in [3.05, 3.63) is 46.8 Å². The van der Waals surface area contributed by atoms with E-state index in [1.54, 1.807) is 25.7 Å². The highest BCUT2D eigenvalue weighted by Gasteiger charge is 2.40. The van der Waals surface area contributed by atoms with Gasteiger partial charge in [0.15, 0.2) is 0 Å². The minimum atomic E-state index is -3.99. The van der Waals surface area contributed by atoms with E-state index in [2.05, 4.69) is 4.98 Å². The Morgan fingerprint density at radius 3 is 2.66 bits per heavy atom. The lowest BCUT2D eigenvalue weighted by Gasteiger charge is -2.33. The van der Waals surface area contributed by atoms with Crippen LogP contribution in [0, 0.1) is 19.8 Å². The molecule has 9 heteroatoms. The van der Waals surface area contributed by atoms with Crippen LogP contribution in [0.1, 0.15) is 47.1 Å². The Labute approximate surface area is 188 Å². The van der Waals surface area contributed by atoms with Crippen LogP contribution in [0.15, 0.2) is 29.2 Å². The molecule has 0 aliphatic carbocycles. The highest BCUT2D eigenvalue weighted by molar-refractivity contribution is 7.89. The van der Waals surface area contributed by atoms with Gasteiger partial charge in [0, 0.05) is 36.7 Å². The molecular formula is C23H29N3O5S. The number of sulfonamides is 1. The first-order valence-corrected chi connectivity index (χ1v) is 12.5. The number of esters is 1. The molecule has 8 nitrogen and oxygen atoms in total. The van der Waals surface area contributed by atoms with E-state index >= 15 is 0 Å². The number of amides is 1. The number of benzene rings is 1. The molecule has 1 aromatic carbocycles. The molecule has 1 fully saturated rings. The van der Waals surface area contributed by atoms with Crippen molar-refractivity contribution in [3.8, 4) is 0 Å². The maximum Gasteiger partial charge on any atom is 0.341 e. The average Bonchev–Trinajstić information content (AvgIpc) is 3.34. The number of para-hydroxylation sites is 1. The highest BCUT2D eigenvalue weighted by atomic mass is 32.2. The molecule has 2 aliphatic rings. The number of aromatic nitrogens is 1. The number of carbonyl (C=O) groups excluding carboxylic acids is 2. The van der Waals surface area contributed by atoms with Crippen molar-refractivity contribution in [2.75, 3.05) is 31.1 Å². The summed E-state index contributed by atoms with van der Waals surface area (Å²) in [5.74, 6) is -1.12. The first-order chi connectivity index (χ1) is 15.3. The van der Waals surface area contributed by atoms with Gasteiger partial charge in [0.25, 0.3) is 0 Å². The van der Waals surface area contributed by atoms with Crippen molar-refractivity contribution in [1.82, 2.24) is 9.29 Å². The Bertz CT molecular complexity index is 1150. The van der Waals surface area contributed by atoms with Gasteiger partial charge in [0.05, 0.1) is 12.5 Å². The van der Waals surface area contributed by atoms with Crippen LogP contribution in [0.2, 0.25) is 0 Å². The molecule has 1 atom stereocenters. The summed E-state index contributed by atoms with van der Waals surface area (Å²) >= 11 is 0. The Kier molecular flexibility index (Phi) is 6.13. The van der Waals surface area contributed by atoms with E-state index in [4.69, 9.17) is 4.74 Å². The van der Waals surface area contributed by atoms with Crippen LogP contribution in [-0.2, 0) is 26.0 Å². The van der Waals surface area contributed by atoms with Gasteiger partial charge in [0.2, 0.25) is 15.9 Å². The summed E-state index contributed by atoms with van der Waals surface area (Å²) in [6.07, 6.45) is 2.03. The maximum atomic E-state index is 13.6. The summed E-state index contributed by atoms with van der Waals surface area (Å²) in [5.41, 5.74) is 2.95. The van der Waals surface area contributed by atoms with Gasteiger partial charge in [-0.15, -0.1) is 0 Å². The first-order valence-electron chi connectivity index (χ1n) is 11.0. The number of carbonyl (C=O) groups is 2. The van der Waals surface area contributed by atoms with Crippen molar-refractivity contribution in [1.29, 1.82) is 0 Å². The molecule has 1 unspecified atom stereocenters. The fourth-order valence-electron chi connectivity index (χ4n) is 4.81. The van der Waals surface area contributed by atoms with Crippen molar-refractivity contribution >= 4 is 27.6 Å². The predicted molar refractivity (Wildman–Crippen MR) is 120 cm³/mol. The molecule has 1 amide bonds. The number of H-pyrrole nitrogens is 1. The zero-order chi connectivity index (χ0) is 23.0. The second kappa shape index (κ2) is 8.71. The van der Waals surface area contributed by atoms with Gasteiger partial charge in [-0.3, -0.25) is 4.79 Å². The predicted octanol–water partition coefficient (Wildman–Crippen LogP) is 2.80. The number of fused-ring (bicyclic) bond motifs is 1. The zero-order valence-electron chi connectivity index (χ0n) is 18.7. The van der Waals surface area contributed by atoms with Crippen molar-refractivity contribution in [2.45, 2.75) is 44.9 Å². The standard InChI is InChI=1S/C23H29N3O5S/c1-4-31-23(28)20-15(2)24-16(3)21(20)32(29,30)25-12-7-9-18(14-25)22(27)26-13-11-17-8-5-6-10-19(17)26/h5-6,8,10,18,24H,4,7,9,11-14H2,1-3H3. The maximum absolute atomic E-state index is 13.6. The Hall–Kier alpha value is -2.65. The van der Waals surface area contributed by atoms with Crippen LogP contribution in [0.3, 0.4) is 0 Å². The molecule has 1 N–H and O–H groups in total. The second-order valence-electron chi connectivity index (χ2n) is 8.37. The number of rotatable bonds is 5. The molecule has 3 heterocycles. The van der Waals surface area contributed by atoms with Crippen molar-refractivity contribution in [3.63, 3.8) is 0 Å². The molecule has 2 aromatic rings. The van der Waals surface area contributed by atoms with Crippen LogP contribution in [-0.4, -0.2) is 55.8 Å². The topological polar surface area (TPSA) is 99.8 Å². The van der Waals surface area contributed by atoms with Crippen LogP contribution in [0.4, 0.5) is 5.69 Å². The van der Waals surface area contributed by atoms with Gasteiger partial charge in [-0.05, 0) is 51.7 Å². The molecule has 0 radical (unpaired) electrons. The van der Waals surface area contributed by atoms with Gasteiger partial charge in [0.1, 0.15) is 10.5 Å². The number of hydrogen-bond donors (Lipinski definition) is 1. The normalized spacial score (nSPS) is 19.1. The molecular weight excluding hydrogens is 430 g/mol. The number of anilines is 1. The van der Waals surface area contributed by atoms with Crippen LogP contribution < -0.4 is 4.90 Å². The zero-order valence-corrected chi connectivity index (χ0v) is 19.5. The molecule has 4 rings (SSSR count). The fraction of sp³-hybridized carbons (Fsp3) is 0.478. The Balaban J connectivity index is 1.60. The van der Waals surface area contributed by atoms with Crippen molar-refractivity contribution in [2.24, 2.45) is 5.92 Å². The minimum Gasteiger partial charge on any atom is -0.462 e. The molecule has 0 saturated carbocycles. The van der Waals surface area contributed by atoms with E-state index in [9.17, 15) is 18.0 Å². The van der Waals surface area contributed by atoms with Gasteiger partial charge < -0.3 is 14.6 Å². The number of aryl methyl sites for hydroxylation is 2. The second-order valence-corrected chi connectivity index (χ2v) is 10.2. The summed E-state index contributed by atoms with van der Waals surface area (Å²) in [6, 6.07) is 7.84. The number of hydrogen-bond acceptors (Lipinski definition) is 5. The molecule has 1 saturated heterocycles. The van der Waals surface area contributed by atoms with Crippen LogP contribution >= 0.6 is 0 Å². The molecule has 32 heavy (non-hydrogen) atoms. The van der Waals surface area contributed by atoms with E-state index in [0.29, 0.717) is 37.3 Å². The first kappa shape index (κ1) is 22.5. The third kappa shape index (κ3) is 3.84. The van der Waals surface area contributed by atoms with E-state index in [0.717, 1.165) is 17.7 Å². The van der Waals surface area contributed by atoms with Gasteiger partial charge in [-0.2, -0.15) is 4.31 Å². The summed E-state index contributed by atoms with van der Waals surface area (Å²) in [6.45, 7) is 6.16. The lowest BCUT2D eigenvalue weighted by Crippen LogP contribution is -2.46. The minimum absolute atomic E-state index is 0.0394. The third-order valence-corrected chi connectivity index (χ3v) is 8.32. The summed E-state index contributed by atoms with van der Waals surface area (Å²) in [7, 11) is -3.99. The van der Waals surface area contributed by atoms with E-state index < -0.39 is 21.9 Å². The van der Waals surface area contributed by atoms with Crippen LogP contribution in [0.25, 0.3) is 0 Å². The SMILES string of the molecule is CCOC(=O)c1c(C)[nH]c(C)c1S(=O)(=O)N1CCCC(C(=O)N2CCc3ccccc32)C1. The monoisotopic (exact) mass is 459 g/mol. The summed E-state index contributed by atoms with van der Waals surface area (Å²) in [4.78, 5) is 30.5. The lowest BCUT2D eigenvalue weighted by molar-refractivity contribution is -0.123. The largest absolute Gasteiger partial charge is 0.462 e. The van der Waals surface area contributed by atoms with E-state index in [1.165, 1.54) is 4.31 Å². The third-order valence-electron chi connectivity index (χ3n) is 6.28. The van der Waals surface area contributed by atoms with E-state index in [-0.39, 0.29) is 29.5 Å². The Morgan fingerprint density at radius 2 is 1.91 bits per heavy atom. The number of piperidine rings is 1. The molecule has 2 aliphatic heterocycles. The highest BCUT2D eigenvalue weighted by Crippen LogP contribution is 2.33. The Morgan fingerprint density at radius 1 is 1.16 bits per heavy atom. The molecule has 0 spiro atoms. The lowest BCUT2D eigenvalue weighted by atomic mass is 9.98. The summed E-state index contributed by atoms with van der Waals surface area (Å²) in [5, 5.41) is 0. The van der Waals surface area contributed by atoms with Crippen molar-refractivity contribution < 1.29 is 22.7 Å². The smallest absolute Gasteiger partial charge is 0.341 e. The number of nitrogens with one attached hydrogen (secondary N) is 1. The number of nitrogens with zero attached hydrogens (tertiary/aromatic N) is 2. The van der Waals surface area contributed by atoms with Gasteiger partial charge in [-0.25, -0.2) is 13.2 Å². The van der Waals surface area contributed by atoms with Crippen LogP contribution in [0.5, 0.6) is 0 Å². The summed E-state index contributed by atoms with van der Waals surface area (Å²) < 4.78 is 33.7. The molecule has 1 aromatic heterocycles. The number of aromatic amines is 1. The molecule has 172 valence electrons. The molecule has 0 bridgehead atoms. The van der Waals surface area contributed by atoms with Gasteiger partial charge >= 0.3 is 5.97 Å². The average molecular weight is 460 g/mol. The number of ether oxygens (including phenoxy) is 1. The quantitative estimate of drug-likeness (QED) is 0.693. The van der Waals surface area contributed by atoms with Gasteiger partial charge in [-0.1, -0.05) is 18.2 Å². The fourth-order valence-corrected chi connectivity index (χ4v) is 6.74. The van der Waals surface area contributed by atoms with E-state index in [1.807, 2.05) is 24.3 Å².